The molecule has 0 aromatic rings. The van der Waals surface area contributed by atoms with Crippen molar-refractivity contribution in [2.45, 2.75) is 32.1 Å². The number of nitrogens with two attached hydrogens (primary N) is 1. The molecule has 12 heavy (non-hydrogen) atoms. The summed E-state index contributed by atoms with van der Waals surface area (Å²) in [6, 6.07) is 0. The van der Waals surface area contributed by atoms with E-state index in [0.717, 1.165) is 25.7 Å². The van der Waals surface area contributed by atoms with Crippen LogP contribution in [0.2, 0.25) is 0 Å². The minimum Gasteiger partial charge on any atom is -0.370 e. The Morgan fingerprint density at radius 3 is 2.50 bits per heavy atom. The van der Waals surface area contributed by atoms with Crippen LogP contribution in [0.5, 0.6) is 0 Å². The molecule has 0 saturated heterocycles. The van der Waals surface area contributed by atoms with Gasteiger partial charge in [0.2, 0.25) is 5.91 Å². The average molecular weight is 167 g/mol. The molecule has 0 aromatic heterocycles. The summed E-state index contributed by atoms with van der Waals surface area (Å²) in [5.41, 5.74) is 4.97. The number of hydrogen-bond acceptors (Lipinski definition) is 1. The number of hydrogen-bond donors (Lipinski definition) is 1. The Labute approximate surface area is 74.1 Å². The van der Waals surface area contributed by atoms with Crippen LogP contribution in [0.15, 0.2) is 24.8 Å². The van der Waals surface area contributed by atoms with E-state index in [-0.39, 0.29) is 5.91 Å². The van der Waals surface area contributed by atoms with Gasteiger partial charge >= 0.3 is 0 Å². The van der Waals surface area contributed by atoms with Crippen molar-refractivity contribution in [3.63, 3.8) is 0 Å². The fraction of sp³-hybridized carbons (Fsp3) is 0.500. The predicted molar refractivity (Wildman–Crippen MR) is 51.6 cm³/mol. The Bertz CT molecular complexity index is 161. The lowest BCUT2D eigenvalue weighted by Gasteiger charge is -1.90. The van der Waals surface area contributed by atoms with Gasteiger partial charge in [-0.15, -0.1) is 6.58 Å². The van der Waals surface area contributed by atoms with Crippen LogP contribution in [-0.4, -0.2) is 5.91 Å². The normalized spacial score (nSPS) is 10.3. The van der Waals surface area contributed by atoms with E-state index in [9.17, 15) is 4.79 Å². The Morgan fingerprint density at radius 1 is 1.25 bits per heavy atom. The maximum absolute atomic E-state index is 10.3. The van der Waals surface area contributed by atoms with Gasteiger partial charge in [0.15, 0.2) is 0 Å². The highest BCUT2D eigenvalue weighted by atomic mass is 16.1. The molecule has 0 heterocycles. The third-order valence-corrected chi connectivity index (χ3v) is 1.50. The molecule has 0 aliphatic rings. The molecule has 2 nitrogen and oxygen atoms in total. The molecule has 0 saturated carbocycles. The molecule has 0 atom stereocenters. The largest absolute Gasteiger partial charge is 0.370 e. The average Bonchev–Trinajstić information content (AvgIpc) is 2.02. The van der Waals surface area contributed by atoms with Crippen LogP contribution < -0.4 is 5.73 Å². The van der Waals surface area contributed by atoms with Crippen molar-refractivity contribution in [1.29, 1.82) is 0 Å². The Hall–Kier alpha value is -1.05. The van der Waals surface area contributed by atoms with E-state index in [1.165, 1.54) is 0 Å². The monoisotopic (exact) mass is 167 g/mol. The van der Waals surface area contributed by atoms with Gasteiger partial charge in [-0.1, -0.05) is 18.2 Å². The molecule has 68 valence electrons. The van der Waals surface area contributed by atoms with Gasteiger partial charge in [0, 0.05) is 6.42 Å². The molecule has 0 bridgehead atoms. The van der Waals surface area contributed by atoms with Crippen LogP contribution in [0.4, 0.5) is 0 Å². The minimum atomic E-state index is -0.231. The number of rotatable bonds is 7. The highest BCUT2D eigenvalue weighted by Crippen LogP contribution is 1.98. The number of allylic oxidation sites excluding steroid dienone is 3. The molecule has 2 N–H and O–H groups in total. The third kappa shape index (κ3) is 8.95. The molecule has 0 unspecified atom stereocenters. The van der Waals surface area contributed by atoms with Crippen LogP contribution in [0.1, 0.15) is 32.1 Å². The molecular formula is C10H17NO. The van der Waals surface area contributed by atoms with Crippen LogP contribution in [0.25, 0.3) is 0 Å². The number of unbranched alkanes of at least 4 members (excludes halogenated alkanes) is 2. The first kappa shape index (κ1) is 11.0. The van der Waals surface area contributed by atoms with E-state index >= 15 is 0 Å². The first-order valence-electron chi connectivity index (χ1n) is 4.31. The molecule has 0 rings (SSSR count). The Morgan fingerprint density at radius 2 is 1.92 bits per heavy atom. The second-order valence-electron chi connectivity index (χ2n) is 2.70. The lowest BCUT2D eigenvalue weighted by atomic mass is 10.2. The summed E-state index contributed by atoms with van der Waals surface area (Å²) in [5.74, 6) is -0.231. The van der Waals surface area contributed by atoms with E-state index < -0.39 is 0 Å². The van der Waals surface area contributed by atoms with Crippen molar-refractivity contribution >= 4 is 5.91 Å². The molecule has 1 amide bonds. The van der Waals surface area contributed by atoms with Crippen molar-refractivity contribution in [1.82, 2.24) is 0 Å². The molecule has 0 aromatic carbocycles. The molecule has 0 spiro atoms. The topological polar surface area (TPSA) is 43.1 Å². The summed E-state index contributed by atoms with van der Waals surface area (Å²) < 4.78 is 0. The summed E-state index contributed by atoms with van der Waals surface area (Å²) in [6.45, 7) is 3.63. The molecule has 0 aliphatic carbocycles. The maximum Gasteiger partial charge on any atom is 0.217 e. The first-order chi connectivity index (χ1) is 5.77. The quantitative estimate of drug-likeness (QED) is 0.458. The fourth-order valence-corrected chi connectivity index (χ4v) is 0.841. The summed E-state index contributed by atoms with van der Waals surface area (Å²) in [7, 11) is 0. The van der Waals surface area contributed by atoms with Crippen molar-refractivity contribution < 1.29 is 4.79 Å². The van der Waals surface area contributed by atoms with Crippen molar-refractivity contribution in [3.05, 3.63) is 24.8 Å². The Balaban J connectivity index is 3.14. The molecular weight excluding hydrogens is 150 g/mol. The third-order valence-electron chi connectivity index (χ3n) is 1.50. The van der Waals surface area contributed by atoms with Crippen LogP contribution in [0.3, 0.4) is 0 Å². The summed E-state index contributed by atoms with van der Waals surface area (Å²) in [5, 5.41) is 0. The number of carbonyl (C=O) groups is 1. The minimum absolute atomic E-state index is 0.231. The smallest absolute Gasteiger partial charge is 0.217 e. The number of carbonyl (C=O) groups excluding carboxylic acids is 1. The van der Waals surface area contributed by atoms with Gasteiger partial charge < -0.3 is 5.73 Å². The van der Waals surface area contributed by atoms with Crippen LogP contribution >= 0.6 is 0 Å². The predicted octanol–water partition coefficient (Wildman–Crippen LogP) is 2.16. The van der Waals surface area contributed by atoms with Gasteiger partial charge in [0.25, 0.3) is 0 Å². The number of amides is 1. The SMILES string of the molecule is C=CCCCC=CCCC(N)=O. The van der Waals surface area contributed by atoms with Gasteiger partial charge in [-0.05, 0) is 25.7 Å². The zero-order chi connectivity index (χ0) is 9.23. The first-order valence-corrected chi connectivity index (χ1v) is 4.31. The van der Waals surface area contributed by atoms with Crippen molar-refractivity contribution in [2.75, 3.05) is 0 Å². The van der Waals surface area contributed by atoms with Crippen molar-refractivity contribution in [3.8, 4) is 0 Å². The van der Waals surface area contributed by atoms with E-state index in [0.29, 0.717) is 6.42 Å². The summed E-state index contributed by atoms with van der Waals surface area (Å²) in [6.07, 6.45) is 10.5. The van der Waals surface area contributed by atoms with Crippen LogP contribution in [-0.2, 0) is 4.79 Å². The van der Waals surface area contributed by atoms with E-state index in [4.69, 9.17) is 5.73 Å². The van der Waals surface area contributed by atoms with Gasteiger partial charge in [-0.3, -0.25) is 4.79 Å². The summed E-state index contributed by atoms with van der Waals surface area (Å²) in [4.78, 5) is 10.3. The zero-order valence-electron chi connectivity index (χ0n) is 7.46. The molecule has 2 heteroatoms. The lowest BCUT2D eigenvalue weighted by molar-refractivity contribution is -0.117. The van der Waals surface area contributed by atoms with E-state index in [1.54, 1.807) is 0 Å². The van der Waals surface area contributed by atoms with E-state index in [2.05, 4.69) is 12.7 Å². The number of primary amides is 1. The van der Waals surface area contributed by atoms with E-state index in [1.807, 2.05) is 12.2 Å². The van der Waals surface area contributed by atoms with Gasteiger partial charge in [-0.25, -0.2) is 0 Å². The second-order valence-corrected chi connectivity index (χ2v) is 2.70. The van der Waals surface area contributed by atoms with Crippen LogP contribution in [0, 0.1) is 0 Å². The van der Waals surface area contributed by atoms with Gasteiger partial charge in [-0.2, -0.15) is 0 Å². The fourth-order valence-electron chi connectivity index (χ4n) is 0.841. The second kappa shape index (κ2) is 8.05. The highest BCUT2D eigenvalue weighted by Gasteiger charge is 1.88. The van der Waals surface area contributed by atoms with Gasteiger partial charge in [0.05, 0.1) is 0 Å². The molecule has 0 aliphatic heterocycles. The maximum atomic E-state index is 10.3. The summed E-state index contributed by atoms with van der Waals surface area (Å²) >= 11 is 0. The highest BCUT2D eigenvalue weighted by molar-refractivity contribution is 5.73. The molecule has 0 fully saturated rings. The zero-order valence-corrected chi connectivity index (χ0v) is 7.46. The standard InChI is InChI=1S/C10H17NO/c1-2-3-4-5-6-7-8-9-10(11)12/h2,6-7H,1,3-5,8-9H2,(H2,11,12). The van der Waals surface area contributed by atoms with Gasteiger partial charge in [0.1, 0.15) is 0 Å². The van der Waals surface area contributed by atoms with Crippen molar-refractivity contribution in [2.24, 2.45) is 5.73 Å². The Kier molecular flexibility index (Phi) is 7.35. The lowest BCUT2D eigenvalue weighted by Crippen LogP contribution is -2.08. The molecule has 0 radical (unpaired) electrons.